The average Bonchev–Trinajstić information content (AvgIpc) is 3.31. The SMILES string of the molecule is Cc1cc(C(=O)Nc2cc(F)c(N(C)C)c(F)c2)c2cnn(Cc3cccs3)c2n1. The Morgan fingerprint density at radius 2 is 1.97 bits per heavy atom. The van der Waals surface area contributed by atoms with Crippen LogP contribution in [0.15, 0.2) is 41.9 Å². The van der Waals surface area contributed by atoms with Crippen LogP contribution in [0, 0.1) is 18.6 Å². The molecule has 0 aliphatic carbocycles. The molecule has 1 amide bonds. The van der Waals surface area contributed by atoms with Crippen molar-refractivity contribution in [1.29, 1.82) is 0 Å². The molecular weight excluding hydrogens is 408 g/mol. The van der Waals surface area contributed by atoms with Crippen molar-refractivity contribution in [2.75, 3.05) is 24.3 Å². The number of nitrogens with one attached hydrogen (secondary N) is 1. The molecule has 4 aromatic rings. The lowest BCUT2D eigenvalue weighted by atomic mass is 10.1. The van der Waals surface area contributed by atoms with E-state index >= 15 is 0 Å². The lowest BCUT2D eigenvalue weighted by Gasteiger charge is -2.16. The van der Waals surface area contributed by atoms with Crippen molar-refractivity contribution in [3.05, 3.63) is 69.7 Å². The van der Waals surface area contributed by atoms with Gasteiger partial charge in [0.25, 0.3) is 5.91 Å². The molecule has 0 aliphatic rings. The molecule has 0 spiro atoms. The summed E-state index contributed by atoms with van der Waals surface area (Å²) in [6.07, 6.45) is 1.58. The Hall–Kier alpha value is -3.33. The average molecular weight is 427 g/mol. The van der Waals surface area contributed by atoms with E-state index in [2.05, 4.69) is 15.4 Å². The molecule has 30 heavy (non-hydrogen) atoms. The van der Waals surface area contributed by atoms with E-state index < -0.39 is 17.5 Å². The largest absolute Gasteiger partial charge is 0.373 e. The van der Waals surface area contributed by atoms with Gasteiger partial charge in [-0.15, -0.1) is 11.3 Å². The van der Waals surface area contributed by atoms with Crippen LogP contribution in [-0.2, 0) is 6.54 Å². The fourth-order valence-corrected chi connectivity index (χ4v) is 3.98. The topological polar surface area (TPSA) is 63.1 Å². The van der Waals surface area contributed by atoms with E-state index in [1.807, 2.05) is 17.5 Å². The summed E-state index contributed by atoms with van der Waals surface area (Å²) in [5.41, 5.74) is 1.43. The molecule has 0 fully saturated rings. The van der Waals surface area contributed by atoms with Crippen molar-refractivity contribution in [2.24, 2.45) is 0 Å². The molecule has 0 saturated heterocycles. The highest BCUT2D eigenvalue weighted by Gasteiger charge is 2.18. The predicted octanol–water partition coefficient (Wildman–Crippen LogP) is 4.45. The molecule has 3 aromatic heterocycles. The molecule has 6 nitrogen and oxygen atoms in total. The lowest BCUT2D eigenvalue weighted by molar-refractivity contribution is 0.102. The number of anilines is 2. The molecule has 0 saturated carbocycles. The Morgan fingerprint density at radius 3 is 2.60 bits per heavy atom. The molecule has 0 atom stereocenters. The van der Waals surface area contributed by atoms with Crippen LogP contribution >= 0.6 is 11.3 Å². The van der Waals surface area contributed by atoms with Crippen LogP contribution in [0.5, 0.6) is 0 Å². The number of aryl methyl sites for hydroxylation is 1. The maximum absolute atomic E-state index is 14.3. The van der Waals surface area contributed by atoms with Gasteiger partial charge in [0, 0.05) is 30.4 Å². The third-order valence-corrected chi connectivity index (χ3v) is 5.45. The molecule has 4 rings (SSSR count). The number of benzene rings is 1. The van der Waals surface area contributed by atoms with Gasteiger partial charge in [-0.1, -0.05) is 6.07 Å². The highest BCUT2D eigenvalue weighted by Crippen LogP contribution is 2.27. The van der Waals surface area contributed by atoms with Crippen LogP contribution in [0.25, 0.3) is 11.0 Å². The van der Waals surface area contributed by atoms with E-state index in [1.165, 1.54) is 4.90 Å². The molecule has 1 aromatic carbocycles. The molecular formula is C21H19F2N5OS. The van der Waals surface area contributed by atoms with Gasteiger partial charge in [0.15, 0.2) is 17.3 Å². The van der Waals surface area contributed by atoms with Crippen molar-refractivity contribution in [1.82, 2.24) is 14.8 Å². The zero-order chi connectivity index (χ0) is 21.4. The zero-order valence-electron chi connectivity index (χ0n) is 16.6. The van der Waals surface area contributed by atoms with Gasteiger partial charge < -0.3 is 10.2 Å². The molecule has 0 radical (unpaired) electrons. The van der Waals surface area contributed by atoms with Gasteiger partial charge in [-0.3, -0.25) is 4.79 Å². The Balaban J connectivity index is 1.68. The Morgan fingerprint density at radius 1 is 1.23 bits per heavy atom. The summed E-state index contributed by atoms with van der Waals surface area (Å²) in [7, 11) is 3.09. The Kier molecular flexibility index (Phi) is 5.21. The number of hydrogen-bond acceptors (Lipinski definition) is 5. The molecule has 9 heteroatoms. The third-order valence-electron chi connectivity index (χ3n) is 4.59. The van der Waals surface area contributed by atoms with Gasteiger partial charge in [0.05, 0.1) is 23.7 Å². The van der Waals surface area contributed by atoms with Crippen molar-refractivity contribution in [2.45, 2.75) is 13.5 Å². The summed E-state index contributed by atoms with van der Waals surface area (Å²) < 4.78 is 30.3. The summed E-state index contributed by atoms with van der Waals surface area (Å²) in [6, 6.07) is 7.80. The lowest BCUT2D eigenvalue weighted by Crippen LogP contribution is -2.16. The Bertz CT molecular complexity index is 1210. The molecule has 0 unspecified atom stereocenters. The van der Waals surface area contributed by atoms with E-state index in [1.54, 1.807) is 49.3 Å². The number of carbonyl (C=O) groups excluding carboxylic acids is 1. The van der Waals surface area contributed by atoms with E-state index in [9.17, 15) is 13.6 Å². The van der Waals surface area contributed by atoms with Crippen LogP contribution in [-0.4, -0.2) is 34.8 Å². The van der Waals surface area contributed by atoms with Gasteiger partial charge in [-0.05, 0) is 36.6 Å². The van der Waals surface area contributed by atoms with Gasteiger partial charge in [-0.25, -0.2) is 18.4 Å². The fourth-order valence-electron chi connectivity index (χ4n) is 3.29. The van der Waals surface area contributed by atoms with E-state index in [4.69, 9.17) is 0 Å². The highest BCUT2D eigenvalue weighted by atomic mass is 32.1. The van der Waals surface area contributed by atoms with Gasteiger partial charge in [-0.2, -0.15) is 5.10 Å². The maximum Gasteiger partial charge on any atom is 0.256 e. The highest BCUT2D eigenvalue weighted by molar-refractivity contribution is 7.09. The number of amides is 1. The second kappa shape index (κ2) is 7.83. The van der Waals surface area contributed by atoms with Gasteiger partial charge in [0.2, 0.25) is 0 Å². The van der Waals surface area contributed by atoms with Crippen molar-refractivity contribution >= 4 is 39.7 Å². The number of pyridine rings is 1. The van der Waals surface area contributed by atoms with Crippen molar-refractivity contribution in [3.8, 4) is 0 Å². The minimum atomic E-state index is -0.755. The number of rotatable bonds is 5. The van der Waals surface area contributed by atoms with E-state index in [0.717, 1.165) is 17.0 Å². The van der Waals surface area contributed by atoms with Crippen molar-refractivity contribution in [3.63, 3.8) is 0 Å². The molecule has 3 heterocycles. The van der Waals surface area contributed by atoms with Crippen LogP contribution in [0.2, 0.25) is 0 Å². The van der Waals surface area contributed by atoms with Crippen molar-refractivity contribution < 1.29 is 13.6 Å². The summed E-state index contributed by atoms with van der Waals surface area (Å²) in [6.45, 7) is 2.32. The fraction of sp³-hybridized carbons (Fsp3) is 0.190. The smallest absolute Gasteiger partial charge is 0.256 e. The van der Waals surface area contributed by atoms with Gasteiger partial charge >= 0.3 is 0 Å². The number of aromatic nitrogens is 3. The Labute approximate surface area is 175 Å². The standard InChI is InChI=1S/C21H19F2N5OS/c1-12-7-15(16-10-24-28(20(16)25-12)11-14-5-4-6-30-14)21(29)26-13-8-17(22)19(27(2)3)18(23)9-13/h4-10H,11H2,1-3H3,(H,26,29). The number of fused-ring (bicyclic) bond motifs is 1. The summed E-state index contributed by atoms with van der Waals surface area (Å²) in [5, 5.41) is 9.51. The van der Waals surface area contributed by atoms with Crippen LogP contribution in [0.3, 0.4) is 0 Å². The molecule has 0 aliphatic heterocycles. The normalized spacial score (nSPS) is 11.1. The predicted molar refractivity (Wildman–Crippen MR) is 114 cm³/mol. The molecule has 1 N–H and O–H groups in total. The molecule has 154 valence electrons. The summed E-state index contributed by atoms with van der Waals surface area (Å²) in [4.78, 5) is 19.9. The minimum absolute atomic E-state index is 0.0363. The minimum Gasteiger partial charge on any atom is -0.373 e. The zero-order valence-corrected chi connectivity index (χ0v) is 17.4. The number of nitrogens with zero attached hydrogens (tertiary/aromatic N) is 4. The first-order valence-electron chi connectivity index (χ1n) is 9.16. The monoisotopic (exact) mass is 427 g/mol. The summed E-state index contributed by atoms with van der Waals surface area (Å²) >= 11 is 1.61. The first-order chi connectivity index (χ1) is 14.3. The van der Waals surface area contributed by atoms with Gasteiger partial charge in [0.1, 0.15) is 5.69 Å². The second-order valence-electron chi connectivity index (χ2n) is 7.07. The first kappa shape index (κ1) is 20.0. The second-order valence-corrected chi connectivity index (χ2v) is 8.10. The van der Waals surface area contributed by atoms with E-state index in [-0.39, 0.29) is 11.4 Å². The number of thiophene rings is 1. The quantitative estimate of drug-likeness (QED) is 0.511. The van der Waals surface area contributed by atoms with Crippen LogP contribution in [0.4, 0.5) is 20.2 Å². The van der Waals surface area contributed by atoms with E-state index in [0.29, 0.717) is 28.8 Å². The summed E-state index contributed by atoms with van der Waals surface area (Å²) in [5.74, 6) is -2.00. The number of carbonyl (C=O) groups is 1. The number of halogens is 2. The number of hydrogen-bond donors (Lipinski definition) is 1. The maximum atomic E-state index is 14.3. The van der Waals surface area contributed by atoms with Crippen LogP contribution < -0.4 is 10.2 Å². The first-order valence-corrected chi connectivity index (χ1v) is 10.0. The molecule has 0 bridgehead atoms. The van der Waals surface area contributed by atoms with Crippen LogP contribution in [0.1, 0.15) is 20.9 Å². The third kappa shape index (κ3) is 3.76.